The van der Waals surface area contributed by atoms with Gasteiger partial charge >= 0.3 is 6.01 Å². The molecule has 0 spiro atoms. The van der Waals surface area contributed by atoms with Crippen LogP contribution in [0.5, 0.6) is 11.8 Å². The van der Waals surface area contributed by atoms with E-state index in [0.717, 1.165) is 0 Å². The Morgan fingerprint density at radius 2 is 2.11 bits per heavy atom. The maximum atomic E-state index is 11.8. The summed E-state index contributed by atoms with van der Waals surface area (Å²) in [7, 11) is 1.44. The van der Waals surface area contributed by atoms with Gasteiger partial charge in [-0.2, -0.15) is 4.98 Å². The number of carbonyl (C=O) groups excluding carboxylic acids is 1. The van der Waals surface area contributed by atoms with E-state index >= 15 is 0 Å². The van der Waals surface area contributed by atoms with Crippen LogP contribution in [0.2, 0.25) is 0 Å². The fourth-order valence-corrected chi connectivity index (χ4v) is 1.37. The van der Waals surface area contributed by atoms with Gasteiger partial charge in [0.05, 0.1) is 7.11 Å². The lowest BCUT2D eigenvalue weighted by molar-refractivity contribution is -0.122. The summed E-state index contributed by atoms with van der Waals surface area (Å²) in [5.41, 5.74) is 0. The number of aromatic nitrogens is 3. The number of carbonyl (C=O) groups is 1. The Bertz CT molecular complexity index is 541. The molecule has 1 atom stereocenters. The lowest BCUT2D eigenvalue weighted by Crippen LogP contribution is -2.30. The summed E-state index contributed by atoms with van der Waals surface area (Å²) in [6, 6.07) is 9.26. The predicted octanol–water partition coefficient (Wildman–Crippen LogP) is 1.22. The van der Waals surface area contributed by atoms with Crippen LogP contribution >= 0.6 is 0 Å². The van der Waals surface area contributed by atoms with Gasteiger partial charge in [-0.15, -0.1) is 5.10 Å². The van der Waals surface area contributed by atoms with E-state index in [1.165, 1.54) is 7.11 Å². The van der Waals surface area contributed by atoms with Crippen LogP contribution in [0.1, 0.15) is 6.92 Å². The molecule has 0 aliphatic rings. The van der Waals surface area contributed by atoms with Crippen LogP contribution in [-0.2, 0) is 4.79 Å². The van der Waals surface area contributed by atoms with Gasteiger partial charge in [0.15, 0.2) is 6.10 Å². The quantitative estimate of drug-likeness (QED) is 0.845. The summed E-state index contributed by atoms with van der Waals surface area (Å²) in [6.45, 7) is 1.65. The van der Waals surface area contributed by atoms with Gasteiger partial charge in [0.1, 0.15) is 5.75 Å². The number of amides is 1. The molecule has 0 saturated carbocycles. The maximum Gasteiger partial charge on any atom is 0.336 e. The number of ether oxygens (including phenoxy) is 2. The molecule has 2 rings (SSSR count). The molecule has 0 aliphatic heterocycles. The summed E-state index contributed by atoms with van der Waals surface area (Å²) in [5, 5.41) is 8.79. The first-order chi connectivity index (χ1) is 9.19. The fourth-order valence-electron chi connectivity index (χ4n) is 1.37. The Hall–Kier alpha value is -2.57. The van der Waals surface area contributed by atoms with E-state index in [9.17, 15) is 4.79 Å². The lowest BCUT2D eigenvalue weighted by Gasteiger charge is -2.13. The van der Waals surface area contributed by atoms with E-state index in [4.69, 9.17) is 9.47 Å². The Morgan fingerprint density at radius 3 is 2.74 bits per heavy atom. The third kappa shape index (κ3) is 3.44. The molecular weight excluding hydrogens is 248 g/mol. The second kappa shape index (κ2) is 5.85. The molecule has 7 heteroatoms. The fraction of sp³-hybridized carbons (Fsp3) is 0.250. The number of nitrogens with one attached hydrogen (secondary N) is 2. The molecule has 1 aromatic heterocycles. The zero-order chi connectivity index (χ0) is 13.7. The van der Waals surface area contributed by atoms with Crippen molar-refractivity contribution in [2.75, 3.05) is 12.4 Å². The molecule has 0 saturated heterocycles. The third-order valence-corrected chi connectivity index (χ3v) is 2.31. The number of anilines is 1. The van der Waals surface area contributed by atoms with Crippen LogP contribution in [0, 0.1) is 0 Å². The lowest BCUT2D eigenvalue weighted by atomic mass is 10.3. The largest absolute Gasteiger partial charge is 0.481 e. The number of para-hydroxylation sites is 1. The van der Waals surface area contributed by atoms with Crippen molar-refractivity contribution in [3.05, 3.63) is 30.3 Å². The number of rotatable bonds is 5. The minimum atomic E-state index is -0.654. The van der Waals surface area contributed by atoms with Crippen LogP contribution < -0.4 is 14.8 Å². The Balaban J connectivity index is 1.92. The van der Waals surface area contributed by atoms with Crippen LogP contribution in [0.3, 0.4) is 0 Å². The standard InChI is InChI=1S/C12H14N4O3/c1-8(19-9-6-4-3-5-7-9)10(17)13-11-14-12(18-2)16-15-11/h3-8H,1-2H3,(H2,13,14,15,16,17). The van der Waals surface area contributed by atoms with Gasteiger partial charge in [-0.1, -0.05) is 18.2 Å². The molecule has 2 N–H and O–H groups in total. The van der Waals surface area contributed by atoms with Gasteiger partial charge in [-0.3, -0.25) is 10.1 Å². The highest BCUT2D eigenvalue weighted by Crippen LogP contribution is 2.12. The van der Waals surface area contributed by atoms with Gasteiger partial charge in [-0.05, 0) is 19.1 Å². The number of nitrogens with zero attached hydrogens (tertiary/aromatic N) is 2. The molecule has 1 unspecified atom stereocenters. The zero-order valence-electron chi connectivity index (χ0n) is 10.6. The molecule has 1 amide bonds. The van der Waals surface area contributed by atoms with Crippen molar-refractivity contribution in [2.45, 2.75) is 13.0 Å². The van der Waals surface area contributed by atoms with Crippen molar-refractivity contribution in [2.24, 2.45) is 0 Å². The van der Waals surface area contributed by atoms with Crippen LogP contribution in [0.4, 0.5) is 5.95 Å². The second-order valence-electron chi connectivity index (χ2n) is 3.73. The number of methoxy groups -OCH3 is 1. The first kappa shape index (κ1) is 12.9. The smallest absolute Gasteiger partial charge is 0.336 e. The normalized spacial score (nSPS) is 11.7. The van der Waals surface area contributed by atoms with Gasteiger partial charge in [0, 0.05) is 0 Å². The van der Waals surface area contributed by atoms with Crippen molar-refractivity contribution >= 4 is 11.9 Å². The molecule has 0 bridgehead atoms. The molecule has 0 fully saturated rings. The summed E-state index contributed by atoms with van der Waals surface area (Å²) in [5.74, 6) is 0.508. The highest BCUT2D eigenvalue weighted by atomic mass is 16.5. The van der Waals surface area contributed by atoms with Crippen molar-refractivity contribution in [1.29, 1.82) is 0 Å². The number of hydrogen-bond donors (Lipinski definition) is 2. The Kier molecular flexibility index (Phi) is 3.97. The molecule has 1 heterocycles. The number of aromatic amines is 1. The summed E-state index contributed by atoms with van der Waals surface area (Å²) >= 11 is 0. The van der Waals surface area contributed by atoms with Crippen LogP contribution in [-0.4, -0.2) is 34.3 Å². The summed E-state index contributed by atoms with van der Waals surface area (Å²) in [6.07, 6.45) is -0.654. The van der Waals surface area contributed by atoms with Gasteiger partial charge in [0.2, 0.25) is 5.95 Å². The molecule has 2 aromatic rings. The molecule has 19 heavy (non-hydrogen) atoms. The van der Waals surface area contributed by atoms with E-state index in [1.54, 1.807) is 19.1 Å². The molecule has 0 aliphatic carbocycles. The Morgan fingerprint density at radius 1 is 1.37 bits per heavy atom. The second-order valence-corrected chi connectivity index (χ2v) is 3.73. The molecular formula is C12H14N4O3. The van der Waals surface area contributed by atoms with E-state index in [2.05, 4.69) is 20.5 Å². The van der Waals surface area contributed by atoms with E-state index in [-0.39, 0.29) is 17.9 Å². The maximum absolute atomic E-state index is 11.8. The van der Waals surface area contributed by atoms with Crippen molar-refractivity contribution < 1.29 is 14.3 Å². The average molecular weight is 262 g/mol. The highest BCUT2D eigenvalue weighted by molar-refractivity contribution is 5.92. The van der Waals surface area contributed by atoms with Gasteiger partial charge in [0.25, 0.3) is 5.91 Å². The number of hydrogen-bond acceptors (Lipinski definition) is 5. The minimum absolute atomic E-state index is 0.159. The number of H-pyrrole nitrogens is 1. The first-order valence-corrected chi connectivity index (χ1v) is 5.68. The van der Waals surface area contributed by atoms with Crippen LogP contribution in [0.25, 0.3) is 0 Å². The molecule has 7 nitrogen and oxygen atoms in total. The third-order valence-electron chi connectivity index (χ3n) is 2.31. The van der Waals surface area contributed by atoms with E-state index < -0.39 is 6.10 Å². The summed E-state index contributed by atoms with van der Waals surface area (Å²) < 4.78 is 10.3. The topological polar surface area (TPSA) is 89.1 Å². The minimum Gasteiger partial charge on any atom is -0.481 e. The monoisotopic (exact) mass is 262 g/mol. The van der Waals surface area contributed by atoms with E-state index in [0.29, 0.717) is 5.75 Å². The number of benzene rings is 1. The predicted molar refractivity (Wildman–Crippen MR) is 68.1 cm³/mol. The first-order valence-electron chi connectivity index (χ1n) is 5.68. The molecule has 100 valence electrons. The molecule has 1 aromatic carbocycles. The summed E-state index contributed by atoms with van der Waals surface area (Å²) in [4.78, 5) is 15.7. The van der Waals surface area contributed by atoms with E-state index in [1.807, 2.05) is 18.2 Å². The van der Waals surface area contributed by atoms with Gasteiger partial charge in [-0.25, -0.2) is 5.10 Å². The SMILES string of the molecule is COc1n[nH]c(NC(=O)C(C)Oc2ccccc2)n1. The zero-order valence-corrected chi connectivity index (χ0v) is 10.6. The van der Waals surface area contributed by atoms with Crippen molar-refractivity contribution in [1.82, 2.24) is 15.2 Å². The molecule has 0 radical (unpaired) electrons. The van der Waals surface area contributed by atoms with Crippen LogP contribution in [0.15, 0.2) is 30.3 Å². The Labute approximate surface area is 110 Å². The van der Waals surface area contributed by atoms with Crippen molar-refractivity contribution in [3.63, 3.8) is 0 Å². The van der Waals surface area contributed by atoms with Gasteiger partial charge < -0.3 is 9.47 Å². The average Bonchev–Trinajstić information content (AvgIpc) is 2.87. The van der Waals surface area contributed by atoms with Crippen molar-refractivity contribution in [3.8, 4) is 11.8 Å². The highest BCUT2D eigenvalue weighted by Gasteiger charge is 2.16.